The van der Waals surface area contributed by atoms with E-state index < -0.39 is 5.97 Å². The first-order valence-electron chi connectivity index (χ1n) is 9.71. The highest BCUT2D eigenvalue weighted by Gasteiger charge is 2.18. The molecule has 0 saturated carbocycles. The number of carbonyl (C=O) groups is 3. The number of amides is 1. The lowest BCUT2D eigenvalue weighted by atomic mass is 9.87. The SMILES string of the molecule is CC(C)(C)c1ccc(OCCC(=O)OCC(=O)c2ccc3c(c2)NC(=O)CO3)cc1. The maximum atomic E-state index is 12.3. The molecule has 0 saturated heterocycles. The summed E-state index contributed by atoms with van der Waals surface area (Å²) in [5.74, 6) is -0.0125. The van der Waals surface area contributed by atoms with Gasteiger partial charge in [-0.1, -0.05) is 32.9 Å². The van der Waals surface area contributed by atoms with E-state index in [1.54, 1.807) is 12.1 Å². The van der Waals surface area contributed by atoms with Gasteiger partial charge in [-0.15, -0.1) is 0 Å². The minimum atomic E-state index is -0.524. The molecule has 0 bridgehead atoms. The summed E-state index contributed by atoms with van der Waals surface area (Å²) in [4.78, 5) is 35.5. The molecule has 7 heteroatoms. The number of Topliss-reactive ketones (excluding diaryl/α,β-unsaturated/α-hetero) is 1. The van der Waals surface area contributed by atoms with Crippen molar-refractivity contribution in [2.45, 2.75) is 32.6 Å². The Morgan fingerprint density at radius 2 is 1.83 bits per heavy atom. The van der Waals surface area contributed by atoms with Crippen molar-refractivity contribution in [2.75, 3.05) is 25.1 Å². The van der Waals surface area contributed by atoms with Crippen molar-refractivity contribution in [1.29, 1.82) is 0 Å². The van der Waals surface area contributed by atoms with Crippen molar-refractivity contribution in [3.63, 3.8) is 0 Å². The summed E-state index contributed by atoms with van der Waals surface area (Å²) in [6.45, 7) is 6.12. The normalized spacial score (nSPS) is 13.0. The first-order valence-corrected chi connectivity index (χ1v) is 9.71. The minimum Gasteiger partial charge on any atom is -0.493 e. The molecule has 0 fully saturated rings. The van der Waals surface area contributed by atoms with E-state index in [1.807, 2.05) is 24.3 Å². The average molecular weight is 411 g/mol. The van der Waals surface area contributed by atoms with Crippen molar-refractivity contribution >= 4 is 23.3 Å². The van der Waals surface area contributed by atoms with E-state index in [0.29, 0.717) is 22.7 Å². The Morgan fingerprint density at radius 1 is 1.10 bits per heavy atom. The number of carbonyl (C=O) groups excluding carboxylic acids is 3. The number of esters is 1. The molecule has 7 nitrogen and oxygen atoms in total. The second kappa shape index (κ2) is 8.98. The standard InChI is InChI=1S/C23H25NO6/c1-23(2,3)16-5-7-17(8-6-16)28-11-10-22(27)30-13-19(25)15-4-9-20-18(12-15)24-21(26)14-29-20/h4-9,12H,10-11,13-14H2,1-3H3,(H,24,26). The zero-order valence-electron chi connectivity index (χ0n) is 17.3. The topological polar surface area (TPSA) is 90.9 Å². The number of anilines is 1. The van der Waals surface area contributed by atoms with Gasteiger partial charge in [-0.3, -0.25) is 14.4 Å². The Balaban J connectivity index is 1.43. The molecular weight excluding hydrogens is 386 g/mol. The summed E-state index contributed by atoms with van der Waals surface area (Å²) in [5.41, 5.74) is 2.00. The molecule has 0 spiro atoms. The summed E-state index contributed by atoms with van der Waals surface area (Å²) < 4.78 is 15.9. The van der Waals surface area contributed by atoms with Gasteiger partial charge in [0, 0.05) is 5.56 Å². The summed E-state index contributed by atoms with van der Waals surface area (Å²) in [6, 6.07) is 12.4. The van der Waals surface area contributed by atoms with Crippen LogP contribution in [-0.4, -0.2) is 37.5 Å². The fraction of sp³-hybridized carbons (Fsp3) is 0.348. The minimum absolute atomic E-state index is 0.0301. The highest BCUT2D eigenvalue weighted by Crippen LogP contribution is 2.28. The quantitative estimate of drug-likeness (QED) is 0.554. The fourth-order valence-corrected chi connectivity index (χ4v) is 2.86. The van der Waals surface area contributed by atoms with Crippen LogP contribution in [0.25, 0.3) is 0 Å². The third-order valence-electron chi connectivity index (χ3n) is 4.59. The summed E-state index contributed by atoms with van der Waals surface area (Å²) in [6.07, 6.45) is 0.0301. The average Bonchev–Trinajstić information content (AvgIpc) is 2.71. The lowest BCUT2D eigenvalue weighted by molar-refractivity contribution is -0.143. The van der Waals surface area contributed by atoms with Crippen molar-refractivity contribution < 1.29 is 28.6 Å². The van der Waals surface area contributed by atoms with Gasteiger partial charge in [-0.05, 0) is 41.3 Å². The first kappa shape index (κ1) is 21.4. The van der Waals surface area contributed by atoms with Crippen molar-refractivity contribution in [3.8, 4) is 11.5 Å². The summed E-state index contributed by atoms with van der Waals surface area (Å²) in [7, 11) is 0. The van der Waals surface area contributed by atoms with Crippen LogP contribution in [0.2, 0.25) is 0 Å². The van der Waals surface area contributed by atoms with Gasteiger partial charge in [0.1, 0.15) is 11.5 Å². The van der Waals surface area contributed by atoms with Crippen molar-refractivity contribution in [3.05, 3.63) is 53.6 Å². The van der Waals surface area contributed by atoms with E-state index in [-0.39, 0.29) is 43.3 Å². The highest BCUT2D eigenvalue weighted by molar-refractivity contribution is 6.01. The number of ketones is 1. The second-order valence-electron chi connectivity index (χ2n) is 8.00. The molecule has 1 amide bonds. The lowest BCUT2D eigenvalue weighted by Gasteiger charge is -2.19. The number of hydrogen-bond acceptors (Lipinski definition) is 6. The number of hydrogen-bond donors (Lipinski definition) is 1. The third-order valence-corrected chi connectivity index (χ3v) is 4.59. The van der Waals surface area contributed by atoms with Gasteiger partial charge in [0.2, 0.25) is 0 Å². The maximum Gasteiger partial charge on any atom is 0.309 e. The van der Waals surface area contributed by atoms with Gasteiger partial charge in [-0.25, -0.2) is 0 Å². The Labute approximate surface area is 175 Å². The van der Waals surface area contributed by atoms with Gasteiger partial charge in [0.15, 0.2) is 19.0 Å². The molecular formula is C23H25NO6. The molecule has 0 aliphatic carbocycles. The first-order chi connectivity index (χ1) is 14.2. The predicted molar refractivity (Wildman–Crippen MR) is 111 cm³/mol. The molecule has 3 rings (SSSR count). The van der Waals surface area contributed by atoms with Crippen LogP contribution < -0.4 is 14.8 Å². The number of benzene rings is 2. The Bertz CT molecular complexity index is 943. The molecule has 0 radical (unpaired) electrons. The van der Waals surface area contributed by atoms with E-state index in [0.717, 1.165) is 0 Å². The molecule has 0 unspecified atom stereocenters. The number of rotatable bonds is 7. The Hall–Kier alpha value is -3.35. The van der Waals surface area contributed by atoms with E-state index in [9.17, 15) is 14.4 Å². The van der Waals surface area contributed by atoms with Gasteiger partial charge in [0.05, 0.1) is 18.7 Å². The molecule has 2 aromatic carbocycles. The van der Waals surface area contributed by atoms with Gasteiger partial charge in [0.25, 0.3) is 5.91 Å². The van der Waals surface area contributed by atoms with E-state index in [4.69, 9.17) is 14.2 Å². The van der Waals surface area contributed by atoms with Crippen molar-refractivity contribution in [1.82, 2.24) is 0 Å². The molecule has 1 heterocycles. The largest absolute Gasteiger partial charge is 0.493 e. The predicted octanol–water partition coefficient (Wildman–Crippen LogP) is 3.51. The van der Waals surface area contributed by atoms with Crippen LogP contribution in [0.3, 0.4) is 0 Å². The van der Waals surface area contributed by atoms with E-state index in [1.165, 1.54) is 11.6 Å². The maximum absolute atomic E-state index is 12.3. The van der Waals surface area contributed by atoms with Gasteiger partial charge >= 0.3 is 5.97 Å². The van der Waals surface area contributed by atoms with Crippen LogP contribution in [-0.2, 0) is 19.7 Å². The highest BCUT2D eigenvalue weighted by atomic mass is 16.5. The number of nitrogens with one attached hydrogen (secondary N) is 1. The van der Waals surface area contributed by atoms with Crippen LogP contribution in [0.15, 0.2) is 42.5 Å². The van der Waals surface area contributed by atoms with Crippen LogP contribution in [0.5, 0.6) is 11.5 Å². The van der Waals surface area contributed by atoms with Crippen LogP contribution >= 0.6 is 0 Å². The van der Waals surface area contributed by atoms with Crippen LogP contribution in [0.1, 0.15) is 43.1 Å². The smallest absolute Gasteiger partial charge is 0.309 e. The van der Waals surface area contributed by atoms with E-state index >= 15 is 0 Å². The van der Waals surface area contributed by atoms with Crippen LogP contribution in [0, 0.1) is 0 Å². The molecule has 0 atom stereocenters. The summed E-state index contributed by atoms with van der Waals surface area (Å²) >= 11 is 0. The van der Waals surface area contributed by atoms with E-state index in [2.05, 4.69) is 26.1 Å². The van der Waals surface area contributed by atoms with Crippen molar-refractivity contribution in [2.24, 2.45) is 0 Å². The fourth-order valence-electron chi connectivity index (χ4n) is 2.86. The molecule has 1 aliphatic rings. The third kappa shape index (κ3) is 5.59. The summed E-state index contributed by atoms with van der Waals surface area (Å²) in [5, 5.41) is 2.63. The Kier molecular flexibility index (Phi) is 6.40. The molecule has 158 valence electrons. The second-order valence-corrected chi connectivity index (χ2v) is 8.00. The Morgan fingerprint density at radius 3 is 2.53 bits per heavy atom. The zero-order chi connectivity index (χ0) is 21.7. The number of fused-ring (bicyclic) bond motifs is 1. The monoisotopic (exact) mass is 411 g/mol. The van der Waals surface area contributed by atoms with Gasteiger partial charge in [-0.2, -0.15) is 0 Å². The van der Waals surface area contributed by atoms with Crippen LogP contribution in [0.4, 0.5) is 5.69 Å². The lowest BCUT2D eigenvalue weighted by Crippen LogP contribution is -2.25. The zero-order valence-corrected chi connectivity index (χ0v) is 17.3. The molecule has 2 aromatic rings. The molecule has 1 aliphatic heterocycles. The number of ether oxygens (including phenoxy) is 3. The molecule has 30 heavy (non-hydrogen) atoms. The molecule has 0 aromatic heterocycles. The molecule has 1 N–H and O–H groups in total. The van der Waals surface area contributed by atoms with Gasteiger partial charge < -0.3 is 19.5 Å².